The number of imidazole rings is 1. The van der Waals surface area contributed by atoms with Crippen molar-refractivity contribution >= 4 is 32.6 Å². The van der Waals surface area contributed by atoms with Gasteiger partial charge in [0.05, 0.1) is 11.0 Å². The van der Waals surface area contributed by atoms with Crippen LogP contribution in [0.25, 0.3) is 71.6 Å². The minimum Gasteiger partial charge on any atom is -0.296 e. The second-order valence-electron chi connectivity index (χ2n) is 11.0. The van der Waals surface area contributed by atoms with Crippen LogP contribution in [0.15, 0.2) is 152 Å². The summed E-state index contributed by atoms with van der Waals surface area (Å²) in [5, 5.41) is 5.03. The molecule has 0 saturated carbocycles. The summed E-state index contributed by atoms with van der Waals surface area (Å²) in [6.45, 7) is 2.17. The summed E-state index contributed by atoms with van der Waals surface area (Å²) in [5.41, 5.74) is 10.7. The van der Waals surface area contributed by atoms with Crippen molar-refractivity contribution in [2.45, 2.75) is 13.3 Å². The van der Waals surface area contributed by atoms with Gasteiger partial charge in [0, 0.05) is 12.1 Å². The highest BCUT2D eigenvalue weighted by molar-refractivity contribution is 6.21. The van der Waals surface area contributed by atoms with Gasteiger partial charge in [0.25, 0.3) is 0 Å². The van der Waals surface area contributed by atoms with Crippen LogP contribution in [0.1, 0.15) is 12.7 Å². The number of fused-ring (bicyclic) bond motifs is 3. The number of aryl methyl sites for hydroxylation is 1. The van der Waals surface area contributed by atoms with Gasteiger partial charge in [-0.25, -0.2) is 4.98 Å². The van der Waals surface area contributed by atoms with Crippen LogP contribution in [-0.2, 0) is 6.42 Å². The summed E-state index contributed by atoms with van der Waals surface area (Å²) >= 11 is 0. The third-order valence-electron chi connectivity index (χ3n) is 8.55. The van der Waals surface area contributed by atoms with Gasteiger partial charge in [0.15, 0.2) is 0 Å². The topological polar surface area (TPSA) is 17.8 Å². The summed E-state index contributed by atoms with van der Waals surface area (Å²) in [5.74, 6) is 1.07. The molecule has 7 aromatic carbocycles. The Morgan fingerprint density at radius 3 is 1.63 bits per heavy atom. The van der Waals surface area contributed by atoms with E-state index in [0.717, 1.165) is 29.0 Å². The lowest BCUT2D eigenvalue weighted by Gasteiger charge is -2.18. The van der Waals surface area contributed by atoms with E-state index in [-0.39, 0.29) is 0 Å². The van der Waals surface area contributed by atoms with Crippen molar-refractivity contribution in [3.05, 3.63) is 157 Å². The molecule has 2 nitrogen and oxygen atoms in total. The lowest BCUT2D eigenvalue weighted by molar-refractivity contribution is 0.908. The quantitative estimate of drug-likeness (QED) is 0.195. The maximum Gasteiger partial charge on any atom is 0.114 e. The molecule has 1 heterocycles. The molecular weight excluding hydrogens is 520 g/mol. The summed E-state index contributed by atoms with van der Waals surface area (Å²) in [7, 11) is 0. The fourth-order valence-corrected chi connectivity index (χ4v) is 6.61. The molecule has 0 N–H and O–H groups in total. The summed E-state index contributed by atoms with van der Waals surface area (Å²) < 4.78 is 2.31. The normalized spacial score (nSPS) is 11.5. The third kappa shape index (κ3) is 4.23. The number of nitrogens with zero attached hydrogens (tertiary/aromatic N) is 2. The Morgan fingerprint density at radius 1 is 0.465 bits per heavy atom. The highest BCUT2D eigenvalue weighted by Crippen LogP contribution is 2.44. The predicted molar refractivity (Wildman–Crippen MR) is 182 cm³/mol. The molecule has 0 unspecified atom stereocenters. The van der Waals surface area contributed by atoms with Crippen LogP contribution in [-0.4, -0.2) is 9.55 Å². The van der Waals surface area contributed by atoms with E-state index in [2.05, 4.69) is 163 Å². The lowest BCUT2D eigenvalue weighted by Crippen LogP contribution is -2.00. The number of benzene rings is 7. The molecule has 2 heteroatoms. The number of aromatic nitrogens is 2. The van der Waals surface area contributed by atoms with Gasteiger partial charge in [-0.05, 0) is 79.2 Å². The van der Waals surface area contributed by atoms with Crippen LogP contribution in [0, 0.1) is 0 Å². The maximum absolute atomic E-state index is 4.94. The highest BCUT2D eigenvalue weighted by Gasteiger charge is 2.18. The van der Waals surface area contributed by atoms with Crippen molar-refractivity contribution in [3.8, 4) is 39.1 Å². The van der Waals surface area contributed by atoms with Crippen LogP contribution in [0.3, 0.4) is 0 Å². The van der Waals surface area contributed by atoms with Crippen molar-refractivity contribution in [1.29, 1.82) is 0 Å². The number of para-hydroxylation sites is 2. The maximum atomic E-state index is 4.94. The van der Waals surface area contributed by atoms with Gasteiger partial charge in [-0.3, -0.25) is 4.57 Å². The molecule has 0 aliphatic rings. The van der Waals surface area contributed by atoms with Gasteiger partial charge in [-0.15, -0.1) is 0 Å². The van der Waals surface area contributed by atoms with Gasteiger partial charge in [-0.1, -0.05) is 134 Å². The molecule has 0 bridgehead atoms. The Balaban J connectivity index is 1.35. The molecule has 0 saturated heterocycles. The average Bonchev–Trinajstić information content (AvgIpc) is 3.46. The number of rotatable bonds is 5. The highest BCUT2D eigenvalue weighted by atomic mass is 15.1. The van der Waals surface area contributed by atoms with Crippen molar-refractivity contribution in [2.24, 2.45) is 0 Å². The molecule has 0 atom stereocenters. The zero-order valence-corrected chi connectivity index (χ0v) is 24.0. The molecule has 0 aliphatic heterocycles. The fraction of sp³-hybridized carbons (Fsp3) is 0.0488. The second kappa shape index (κ2) is 10.4. The van der Waals surface area contributed by atoms with E-state index in [1.54, 1.807) is 0 Å². The Labute approximate surface area is 251 Å². The van der Waals surface area contributed by atoms with E-state index in [0.29, 0.717) is 0 Å². The lowest BCUT2D eigenvalue weighted by atomic mass is 9.85. The fourth-order valence-electron chi connectivity index (χ4n) is 6.61. The van der Waals surface area contributed by atoms with Crippen molar-refractivity contribution in [3.63, 3.8) is 0 Å². The van der Waals surface area contributed by atoms with Gasteiger partial charge >= 0.3 is 0 Å². The third-order valence-corrected chi connectivity index (χ3v) is 8.55. The van der Waals surface area contributed by atoms with Crippen molar-refractivity contribution in [2.75, 3.05) is 0 Å². The van der Waals surface area contributed by atoms with Gasteiger partial charge in [-0.2, -0.15) is 0 Å². The first-order valence-corrected chi connectivity index (χ1v) is 15.0. The average molecular weight is 551 g/mol. The van der Waals surface area contributed by atoms with Gasteiger partial charge in [0.1, 0.15) is 5.82 Å². The minimum absolute atomic E-state index is 0.864. The molecule has 1 aromatic heterocycles. The van der Waals surface area contributed by atoms with Crippen LogP contribution in [0.4, 0.5) is 0 Å². The van der Waals surface area contributed by atoms with Crippen molar-refractivity contribution < 1.29 is 0 Å². The van der Waals surface area contributed by atoms with E-state index < -0.39 is 0 Å². The van der Waals surface area contributed by atoms with E-state index in [9.17, 15) is 0 Å². The molecule has 0 amide bonds. The summed E-state index contributed by atoms with van der Waals surface area (Å²) in [6, 6.07) is 54.7. The van der Waals surface area contributed by atoms with Gasteiger partial charge < -0.3 is 0 Å². The van der Waals surface area contributed by atoms with Gasteiger partial charge in [0.2, 0.25) is 0 Å². The molecule has 0 fully saturated rings. The summed E-state index contributed by atoms with van der Waals surface area (Å²) in [4.78, 5) is 4.94. The molecule has 8 rings (SSSR count). The molecule has 0 aliphatic carbocycles. The summed E-state index contributed by atoms with van der Waals surface area (Å²) in [6.07, 6.45) is 0.864. The standard InChI is InChI=1S/C41H30N2/c1-2-39-42-37-21-10-11-22-38(37)43(39)32-16-12-15-31(27-32)41-35-19-8-6-17-33(35)40(34-18-7-9-20-36(34)41)30-25-23-29(24-26-30)28-13-4-3-5-14-28/h3-27H,2H2,1H3. The number of hydrogen-bond acceptors (Lipinski definition) is 1. The van der Waals surface area contributed by atoms with Crippen LogP contribution in [0.5, 0.6) is 0 Å². The van der Waals surface area contributed by atoms with Crippen LogP contribution in [0.2, 0.25) is 0 Å². The Morgan fingerprint density at radius 2 is 0.977 bits per heavy atom. The SMILES string of the molecule is CCc1nc2ccccc2n1-c1cccc(-c2c3ccccc3c(-c3ccc(-c4ccccc4)cc3)c3ccccc23)c1. The second-order valence-corrected chi connectivity index (χ2v) is 11.0. The predicted octanol–water partition coefficient (Wildman–Crippen LogP) is 10.9. The van der Waals surface area contributed by atoms with E-state index in [1.807, 2.05) is 0 Å². The smallest absolute Gasteiger partial charge is 0.114 e. The van der Waals surface area contributed by atoms with Crippen molar-refractivity contribution in [1.82, 2.24) is 9.55 Å². The minimum atomic E-state index is 0.864. The molecule has 0 spiro atoms. The van der Waals surface area contributed by atoms with Crippen LogP contribution >= 0.6 is 0 Å². The number of hydrogen-bond donors (Lipinski definition) is 0. The first-order valence-electron chi connectivity index (χ1n) is 15.0. The molecule has 43 heavy (non-hydrogen) atoms. The molecule has 8 aromatic rings. The Hall–Kier alpha value is -5.47. The first-order chi connectivity index (χ1) is 21.3. The largest absolute Gasteiger partial charge is 0.296 e. The first kappa shape index (κ1) is 25.3. The zero-order chi connectivity index (χ0) is 28.8. The van der Waals surface area contributed by atoms with E-state index in [4.69, 9.17) is 4.98 Å². The Bertz CT molecular complexity index is 2200. The Kier molecular flexibility index (Phi) is 6.12. The molecule has 204 valence electrons. The van der Waals surface area contributed by atoms with Crippen LogP contribution < -0.4 is 0 Å². The van der Waals surface area contributed by atoms with E-state index in [1.165, 1.54) is 54.9 Å². The van der Waals surface area contributed by atoms with E-state index >= 15 is 0 Å². The zero-order valence-electron chi connectivity index (χ0n) is 24.0. The molecular formula is C41H30N2. The monoisotopic (exact) mass is 550 g/mol. The molecule has 0 radical (unpaired) electrons.